The minimum atomic E-state index is -3.74. The molecule has 0 bridgehead atoms. The Kier molecular flexibility index (Phi) is 5.54. The van der Waals surface area contributed by atoms with Crippen molar-refractivity contribution in [1.82, 2.24) is 4.72 Å². The molecule has 0 aromatic heterocycles. The molecule has 22 heavy (non-hydrogen) atoms. The lowest BCUT2D eigenvalue weighted by Crippen LogP contribution is -2.29. The Labute approximate surface area is 132 Å². The van der Waals surface area contributed by atoms with Gasteiger partial charge in [0.25, 0.3) is 0 Å². The van der Waals surface area contributed by atoms with Crippen LogP contribution in [0.25, 0.3) is 0 Å². The monoisotopic (exact) mass is 322 g/mol. The molecular weight excluding hydrogens is 300 g/mol. The summed E-state index contributed by atoms with van der Waals surface area (Å²) < 4.78 is 30.0. The number of nitrogens with one attached hydrogen (secondary N) is 1. The lowest BCUT2D eigenvalue weighted by atomic mass is 10.2. The smallest absolute Gasteiger partial charge is 0.343 e. The van der Waals surface area contributed by atoms with Crippen LogP contribution in [0, 0.1) is 0 Å². The Hall–Kier alpha value is -1.89. The molecule has 0 unspecified atom stereocenters. The highest BCUT2D eigenvalue weighted by atomic mass is 32.2. The SMILES string of the molecule is CN(C)c1ccc(/C=N/S(=O)(=O)NC2=NCCCCC2)cc1. The van der Waals surface area contributed by atoms with Crippen molar-refractivity contribution in [3.05, 3.63) is 29.8 Å². The van der Waals surface area contributed by atoms with E-state index >= 15 is 0 Å². The fourth-order valence-corrected chi connectivity index (χ4v) is 2.90. The molecule has 2 rings (SSSR count). The molecule has 0 radical (unpaired) electrons. The number of anilines is 1. The zero-order chi connectivity index (χ0) is 16.0. The Morgan fingerprint density at radius 1 is 1.18 bits per heavy atom. The molecule has 6 nitrogen and oxygen atoms in total. The van der Waals surface area contributed by atoms with Gasteiger partial charge in [0.1, 0.15) is 5.84 Å². The van der Waals surface area contributed by atoms with E-state index in [-0.39, 0.29) is 0 Å². The molecule has 0 saturated heterocycles. The van der Waals surface area contributed by atoms with Gasteiger partial charge in [0.2, 0.25) is 0 Å². The first-order valence-electron chi connectivity index (χ1n) is 7.35. The lowest BCUT2D eigenvalue weighted by molar-refractivity contribution is 0.594. The van der Waals surface area contributed by atoms with E-state index in [4.69, 9.17) is 0 Å². The highest BCUT2D eigenvalue weighted by Crippen LogP contribution is 2.11. The molecule has 1 heterocycles. The van der Waals surface area contributed by atoms with Gasteiger partial charge in [-0.3, -0.25) is 9.71 Å². The predicted molar refractivity (Wildman–Crippen MR) is 91.2 cm³/mol. The van der Waals surface area contributed by atoms with E-state index in [1.807, 2.05) is 43.3 Å². The van der Waals surface area contributed by atoms with Gasteiger partial charge < -0.3 is 4.90 Å². The van der Waals surface area contributed by atoms with Crippen LogP contribution >= 0.6 is 0 Å². The number of rotatable bonds is 4. The van der Waals surface area contributed by atoms with Crippen molar-refractivity contribution in [2.45, 2.75) is 25.7 Å². The number of nitrogens with zero attached hydrogens (tertiary/aromatic N) is 3. The largest absolute Gasteiger partial charge is 0.378 e. The summed E-state index contributed by atoms with van der Waals surface area (Å²) in [6.07, 6.45) is 5.05. The second-order valence-corrected chi connectivity index (χ2v) is 6.80. The molecule has 0 amide bonds. The van der Waals surface area contributed by atoms with Gasteiger partial charge in [-0.1, -0.05) is 18.6 Å². The second-order valence-electron chi connectivity index (χ2n) is 5.44. The maximum absolute atomic E-state index is 12.0. The number of hydrogen-bond donors (Lipinski definition) is 1. The van der Waals surface area contributed by atoms with Crippen molar-refractivity contribution in [2.75, 3.05) is 25.5 Å². The van der Waals surface area contributed by atoms with Crippen LogP contribution in [0.1, 0.15) is 31.2 Å². The Morgan fingerprint density at radius 3 is 2.59 bits per heavy atom. The van der Waals surface area contributed by atoms with Crippen molar-refractivity contribution in [2.24, 2.45) is 9.39 Å². The van der Waals surface area contributed by atoms with E-state index in [1.165, 1.54) is 6.21 Å². The summed E-state index contributed by atoms with van der Waals surface area (Å²) >= 11 is 0. The van der Waals surface area contributed by atoms with E-state index in [0.717, 1.165) is 30.5 Å². The summed E-state index contributed by atoms with van der Waals surface area (Å²) in [5.74, 6) is 0.512. The molecular formula is C15H22N4O2S. The van der Waals surface area contributed by atoms with Crippen LogP contribution in [0.15, 0.2) is 33.7 Å². The van der Waals surface area contributed by atoms with Crippen molar-refractivity contribution >= 4 is 27.9 Å². The average molecular weight is 322 g/mol. The van der Waals surface area contributed by atoms with Gasteiger partial charge in [0.05, 0.1) is 0 Å². The Morgan fingerprint density at radius 2 is 1.91 bits per heavy atom. The minimum absolute atomic E-state index is 0.512. The topological polar surface area (TPSA) is 74.1 Å². The zero-order valence-corrected chi connectivity index (χ0v) is 13.8. The quantitative estimate of drug-likeness (QED) is 0.861. The third-order valence-corrected chi connectivity index (χ3v) is 4.25. The summed E-state index contributed by atoms with van der Waals surface area (Å²) in [7, 11) is 0.155. The third kappa shape index (κ3) is 5.14. The Bertz CT molecular complexity index is 649. The van der Waals surface area contributed by atoms with Crippen molar-refractivity contribution < 1.29 is 8.42 Å². The zero-order valence-electron chi connectivity index (χ0n) is 13.0. The first-order chi connectivity index (χ1) is 10.5. The van der Waals surface area contributed by atoms with Gasteiger partial charge >= 0.3 is 10.2 Å². The molecule has 0 atom stereocenters. The first kappa shape index (κ1) is 16.5. The van der Waals surface area contributed by atoms with E-state index in [9.17, 15) is 8.42 Å². The first-order valence-corrected chi connectivity index (χ1v) is 8.79. The second kappa shape index (κ2) is 7.40. The number of aliphatic imine (C=N–C) groups is 1. The Balaban J connectivity index is 2.02. The molecule has 0 aliphatic carbocycles. The highest BCUT2D eigenvalue weighted by Gasteiger charge is 2.12. The fraction of sp³-hybridized carbons (Fsp3) is 0.467. The van der Waals surface area contributed by atoms with Crippen molar-refractivity contribution in [3.8, 4) is 0 Å². The lowest BCUT2D eigenvalue weighted by Gasteiger charge is -2.11. The highest BCUT2D eigenvalue weighted by molar-refractivity contribution is 7.88. The molecule has 0 fully saturated rings. The summed E-state index contributed by atoms with van der Waals surface area (Å²) in [4.78, 5) is 6.22. The summed E-state index contributed by atoms with van der Waals surface area (Å²) in [5.41, 5.74) is 1.78. The van der Waals surface area contributed by atoms with Gasteiger partial charge in [0, 0.05) is 39.0 Å². The van der Waals surface area contributed by atoms with Crippen LogP contribution in [0.4, 0.5) is 5.69 Å². The maximum Gasteiger partial charge on any atom is 0.343 e. The van der Waals surface area contributed by atoms with E-state index in [1.54, 1.807) is 0 Å². The number of amidine groups is 1. The summed E-state index contributed by atoms with van der Waals surface area (Å²) in [6, 6.07) is 7.49. The molecule has 1 aliphatic heterocycles. The predicted octanol–water partition coefficient (Wildman–Crippen LogP) is 1.98. The van der Waals surface area contributed by atoms with Crippen molar-refractivity contribution in [3.63, 3.8) is 0 Å². The molecule has 0 spiro atoms. The molecule has 120 valence electrons. The number of benzene rings is 1. The summed E-state index contributed by atoms with van der Waals surface area (Å²) in [5, 5.41) is 0. The van der Waals surface area contributed by atoms with Gasteiger partial charge in [-0.25, -0.2) is 0 Å². The molecule has 1 aromatic rings. The standard InChI is InChI=1S/C15H22N4O2S/c1-19(2)14-9-7-13(8-10-14)12-17-22(20,21)18-15-6-4-3-5-11-16-15/h7-10,12H,3-6,11H2,1-2H3,(H,16,18)/b17-12+. The fourth-order valence-electron chi connectivity index (χ4n) is 2.12. The molecule has 1 aliphatic rings. The normalized spacial score (nSPS) is 16.2. The molecule has 1 N–H and O–H groups in total. The van der Waals surface area contributed by atoms with Gasteiger partial charge in [0.15, 0.2) is 0 Å². The van der Waals surface area contributed by atoms with Gasteiger partial charge in [-0.2, -0.15) is 12.8 Å². The maximum atomic E-state index is 12.0. The summed E-state index contributed by atoms with van der Waals surface area (Å²) in [6.45, 7) is 0.674. The van der Waals surface area contributed by atoms with Crippen LogP contribution in [0.2, 0.25) is 0 Å². The van der Waals surface area contributed by atoms with E-state index in [0.29, 0.717) is 18.8 Å². The molecule has 1 aromatic carbocycles. The van der Waals surface area contributed by atoms with Crippen LogP contribution in [-0.2, 0) is 10.2 Å². The van der Waals surface area contributed by atoms with Crippen LogP contribution in [0.5, 0.6) is 0 Å². The van der Waals surface area contributed by atoms with Crippen LogP contribution < -0.4 is 9.62 Å². The third-order valence-electron chi connectivity index (χ3n) is 3.37. The molecule has 0 saturated carbocycles. The number of hydrogen-bond acceptors (Lipinski definition) is 4. The van der Waals surface area contributed by atoms with Crippen LogP contribution in [0.3, 0.4) is 0 Å². The van der Waals surface area contributed by atoms with Crippen LogP contribution in [-0.4, -0.2) is 41.1 Å². The van der Waals surface area contributed by atoms with E-state index in [2.05, 4.69) is 14.1 Å². The van der Waals surface area contributed by atoms with E-state index < -0.39 is 10.2 Å². The van der Waals surface area contributed by atoms with Gasteiger partial charge in [-0.15, -0.1) is 0 Å². The van der Waals surface area contributed by atoms with Crippen molar-refractivity contribution in [1.29, 1.82) is 0 Å². The minimum Gasteiger partial charge on any atom is -0.378 e. The van der Waals surface area contributed by atoms with Gasteiger partial charge in [-0.05, 0) is 30.5 Å². The molecule has 7 heteroatoms. The average Bonchev–Trinajstić information content (AvgIpc) is 2.74.